The minimum absolute atomic E-state index is 0.234. The Kier molecular flexibility index (Phi) is 4.60. The Labute approximate surface area is 150 Å². The Hall–Kier alpha value is -2.45. The van der Waals surface area contributed by atoms with Gasteiger partial charge in [0.15, 0.2) is 12.4 Å². The summed E-state index contributed by atoms with van der Waals surface area (Å²) in [7, 11) is 1.92. The molecule has 2 saturated heterocycles. The number of aryl methyl sites for hydroxylation is 1. The quantitative estimate of drug-likeness (QED) is 0.740. The lowest BCUT2D eigenvalue weighted by atomic mass is 10.2. The van der Waals surface area contributed by atoms with Crippen molar-refractivity contribution in [2.45, 2.75) is 31.8 Å². The van der Waals surface area contributed by atoms with Gasteiger partial charge < -0.3 is 23.7 Å². The Morgan fingerprint density at radius 2 is 2.08 bits per heavy atom. The molecular formula is C18H21N3O5. The van der Waals surface area contributed by atoms with E-state index in [1.807, 2.05) is 35.9 Å². The number of hydrogen-bond acceptors (Lipinski definition) is 6. The van der Waals surface area contributed by atoms with Crippen LogP contribution in [0.5, 0.6) is 0 Å². The van der Waals surface area contributed by atoms with E-state index < -0.39 is 12.4 Å². The van der Waals surface area contributed by atoms with Crippen LogP contribution in [0.25, 0.3) is 11.0 Å². The number of esters is 1. The van der Waals surface area contributed by atoms with Crippen molar-refractivity contribution in [3.63, 3.8) is 0 Å². The van der Waals surface area contributed by atoms with Crippen LogP contribution in [0, 0.1) is 0 Å². The van der Waals surface area contributed by atoms with Crippen molar-refractivity contribution >= 4 is 22.9 Å². The van der Waals surface area contributed by atoms with Gasteiger partial charge in [0, 0.05) is 19.9 Å². The van der Waals surface area contributed by atoms with Gasteiger partial charge in [-0.15, -0.1) is 0 Å². The minimum atomic E-state index is -0.737. The average Bonchev–Trinajstić information content (AvgIpc) is 3.36. The highest BCUT2D eigenvalue weighted by Crippen LogP contribution is 2.21. The van der Waals surface area contributed by atoms with Gasteiger partial charge in [0.25, 0.3) is 5.91 Å². The smallest absolute Gasteiger partial charge is 0.306 e. The third-order valence-electron chi connectivity index (χ3n) is 4.74. The molecule has 4 rings (SSSR count). The van der Waals surface area contributed by atoms with Crippen LogP contribution in [0.1, 0.15) is 18.7 Å². The van der Waals surface area contributed by atoms with Crippen molar-refractivity contribution in [3.8, 4) is 0 Å². The lowest BCUT2D eigenvalue weighted by molar-refractivity contribution is -0.156. The van der Waals surface area contributed by atoms with Gasteiger partial charge >= 0.3 is 5.97 Å². The second-order valence-corrected chi connectivity index (χ2v) is 6.48. The van der Waals surface area contributed by atoms with Gasteiger partial charge in [0.1, 0.15) is 5.82 Å². The first-order chi connectivity index (χ1) is 12.6. The highest BCUT2D eigenvalue weighted by molar-refractivity contribution is 5.86. The Morgan fingerprint density at radius 3 is 2.77 bits per heavy atom. The molecule has 1 aromatic heterocycles. The van der Waals surface area contributed by atoms with Crippen LogP contribution < -0.4 is 0 Å². The Morgan fingerprint density at radius 1 is 1.31 bits per heavy atom. The van der Waals surface area contributed by atoms with Crippen LogP contribution in [0.15, 0.2) is 24.3 Å². The van der Waals surface area contributed by atoms with E-state index in [9.17, 15) is 9.59 Å². The zero-order valence-electron chi connectivity index (χ0n) is 14.6. The predicted octanol–water partition coefficient (Wildman–Crippen LogP) is 0.980. The third kappa shape index (κ3) is 3.30. The third-order valence-corrected chi connectivity index (χ3v) is 4.74. The molecular weight excluding hydrogens is 338 g/mol. The number of ether oxygens (including phenoxy) is 3. The molecule has 3 heterocycles. The predicted molar refractivity (Wildman–Crippen MR) is 90.9 cm³/mol. The molecule has 0 bridgehead atoms. The van der Waals surface area contributed by atoms with Crippen LogP contribution >= 0.6 is 0 Å². The van der Waals surface area contributed by atoms with Crippen LogP contribution in [0.2, 0.25) is 0 Å². The van der Waals surface area contributed by atoms with Gasteiger partial charge in [-0.1, -0.05) is 12.1 Å². The van der Waals surface area contributed by atoms with Crippen LogP contribution in [-0.2, 0) is 37.4 Å². The molecule has 0 unspecified atom stereocenters. The number of fused-ring (bicyclic) bond motifs is 1. The first-order valence-electron chi connectivity index (χ1n) is 8.73. The van der Waals surface area contributed by atoms with Crippen molar-refractivity contribution in [1.29, 1.82) is 0 Å². The summed E-state index contributed by atoms with van der Waals surface area (Å²) in [5.41, 5.74) is 1.87. The maximum Gasteiger partial charge on any atom is 0.306 e. The van der Waals surface area contributed by atoms with Crippen LogP contribution in [-0.4, -0.2) is 58.5 Å². The van der Waals surface area contributed by atoms with E-state index in [1.165, 1.54) is 0 Å². The molecule has 26 heavy (non-hydrogen) atoms. The molecule has 0 N–H and O–H groups in total. The number of rotatable bonds is 5. The molecule has 0 spiro atoms. The highest BCUT2D eigenvalue weighted by atomic mass is 16.7. The largest absolute Gasteiger partial charge is 0.452 e. The normalized spacial score (nSPS) is 20.7. The number of carbonyl (C=O) groups is 2. The van der Waals surface area contributed by atoms with Gasteiger partial charge in [-0.25, -0.2) is 4.98 Å². The number of benzene rings is 1. The number of carbonyl (C=O) groups excluding carboxylic acids is 2. The van der Waals surface area contributed by atoms with E-state index in [0.29, 0.717) is 26.2 Å². The zero-order valence-corrected chi connectivity index (χ0v) is 14.6. The lowest BCUT2D eigenvalue weighted by Gasteiger charge is -2.26. The summed E-state index contributed by atoms with van der Waals surface area (Å²) in [6.07, 6.45) is -0.528. The van der Waals surface area contributed by atoms with Crippen LogP contribution in [0.4, 0.5) is 0 Å². The van der Waals surface area contributed by atoms with E-state index in [2.05, 4.69) is 4.98 Å². The Balaban J connectivity index is 1.57. The van der Waals surface area contributed by atoms with E-state index in [-0.39, 0.29) is 24.8 Å². The fourth-order valence-electron chi connectivity index (χ4n) is 3.34. The van der Waals surface area contributed by atoms with E-state index in [1.54, 1.807) is 4.90 Å². The van der Waals surface area contributed by atoms with Crippen molar-refractivity contribution in [3.05, 3.63) is 30.1 Å². The molecule has 2 fully saturated rings. The monoisotopic (exact) mass is 359 g/mol. The molecule has 8 heteroatoms. The van der Waals surface area contributed by atoms with Crippen LogP contribution in [0.3, 0.4) is 0 Å². The van der Waals surface area contributed by atoms with Crippen molar-refractivity contribution in [2.24, 2.45) is 7.05 Å². The summed E-state index contributed by atoms with van der Waals surface area (Å²) in [4.78, 5) is 30.5. The summed E-state index contributed by atoms with van der Waals surface area (Å²) in [6, 6.07) is 7.81. The number of aromatic nitrogens is 2. The summed E-state index contributed by atoms with van der Waals surface area (Å²) in [5, 5.41) is 0. The number of imidazole rings is 1. The molecule has 1 aromatic carbocycles. The fraction of sp³-hybridized carbons (Fsp3) is 0.500. The summed E-state index contributed by atoms with van der Waals surface area (Å²) >= 11 is 0. The second-order valence-electron chi connectivity index (χ2n) is 6.48. The van der Waals surface area contributed by atoms with Crippen molar-refractivity contribution < 1.29 is 23.8 Å². The number of cyclic esters (lactones) is 1. The van der Waals surface area contributed by atoms with E-state index in [4.69, 9.17) is 14.2 Å². The minimum Gasteiger partial charge on any atom is -0.452 e. The number of amides is 1. The summed E-state index contributed by atoms with van der Waals surface area (Å²) < 4.78 is 18.1. The molecule has 2 aromatic rings. The Bertz CT molecular complexity index is 827. The van der Waals surface area contributed by atoms with Crippen molar-refractivity contribution in [2.75, 3.05) is 19.8 Å². The molecule has 2 aliphatic rings. The van der Waals surface area contributed by atoms with Crippen molar-refractivity contribution in [1.82, 2.24) is 14.5 Å². The maximum atomic E-state index is 12.9. The summed E-state index contributed by atoms with van der Waals surface area (Å²) in [6.45, 7) is 1.59. The van der Waals surface area contributed by atoms with Gasteiger partial charge in [-0.3, -0.25) is 9.59 Å². The van der Waals surface area contributed by atoms with E-state index >= 15 is 0 Å². The van der Waals surface area contributed by atoms with Gasteiger partial charge in [0.2, 0.25) is 0 Å². The molecule has 138 valence electrons. The molecule has 8 nitrogen and oxygen atoms in total. The molecule has 0 aliphatic carbocycles. The molecule has 1 amide bonds. The number of para-hydroxylation sites is 2. The van der Waals surface area contributed by atoms with E-state index in [0.717, 1.165) is 16.9 Å². The lowest BCUT2D eigenvalue weighted by Crippen LogP contribution is -2.43. The molecule has 0 radical (unpaired) electrons. The maximum absolute atomic E-state index is 12.9. The van der Waals surface area contributed by atoms with Gasteiger partial charge in [-0.05, 0) is 12.1 Å². The number of hydrogen-bond donors (Lipinski definition) is 0. The SMILES string of the molecule is Cn1c(CN(CC2OCCO2)C(=O)[C@@H]2CCC(=O)O2)nc2ccccc21. The van der Waals surface area contributed by atoms with Gasteiger partial charge in [-0.2, -0.15) is 0 Å². The standard InChI is InChI=1S/C18H21N3O5/c1-20-13-5-3-2-4-12(13)19-15(20)10-21(11-17-24-8-9-25-17)18(23)14-6-7-16(22)26-14/h2-5,14,17H,6-11H2,1H3/t14-/m0/s1. The molecule has 0 saturated carbocycles. The fourth-order valence-corrected chi connectivity index (χ4v) is 3.34. The average molecular weight is 359 g/mol. The topological polar surface area (TPSA) is 82.9 Å². The summed E-state index contributed by atoms with van der Waals surface area (Å²) in [5.74, 6) is 0.184. The molecule has 2 aliphatic heterocycles. The van der Waals surface area contributed by atoms with Gasteiger partial charge in [0.05, 0.1) is 37.3 Å². The highest BCUT2D eigenvalue weighted by Gasteiger charge is 2.35. The zero-order chi connectivity index (χ0) is 18.1. The number of nitrogens with zero attached hydrogens (tertiary/aromatic N) is 3. The molecule has 1 atom stereocenters. The first-order valence-corrected chi connectivity index (χ1v) is 8.73. The first kappa shape index (κ1) is 17.0. The second kappa shape index (κ2) is 7.05.